The van der Waals surface area contributed by atoms with E-state index in [0.29, 0.717) is 47.3 Å². The maximum atomic E-state index is 13.3. The van der Waals surface area contributed by atoms with E-state index in [-0.39, 0.29) is 11.8 Å². The summed E-state index contributed by atoms with van der Waals surface area (Å²) in [5.74, 6) is -0.273. The van der Waals surface area contributed by atoms with Crippen LogP contribution in [0.4, 0.5) is 20.4 Å². The molecule has 2 heterocycles. The third-order valence-electron chi connectivity index (χ3n) is 6.97. The second-order valence-electron chi connectivity index (χ2n) is 12.4. The van der Waals surface area contributed by atoms with E-state index < -0.39 is 28.9 Å². The lowest BCUT2D eigenvalue weighted by Crippen LogP contribution is -2.76. The number of hydrogen-bond donors (Lipinski definition) is 5. The van der Waals surface area contributed by atoms with Crippen LogP contribution in [0.15, 0.2) is 24.3 Å². The molecule has 0 spiro atoms. The number of amides is 4. The van der Waals surface area contributed by atoms with Gasteiger partial charge in [-0.2, -0.15) is 11.8 Å². The average Bonchev–Trinajstić information content (AvgIpc) is 3.28. The van der Waals surface area contributed by atoms with Crippen LogP contribution in [0.3, 0.4) is 0 Å². The molecule has 1 aromatic heterocycles. The van der Waals surface area contributed by atoms with Gasteiger partial charge < -0.3 is 25.7 Å². The van der Waals surface area contributed by atoms with Crippen LogP contribution in [0.1, 0.15) is 69.4 Å². The predicted molar refractivity (Wildman–Crippen MR) is 170 cm³/mol. The number of carboxylic acid groups (broad SMARTS) is 2. The number of nitrogens with zero attached hydrogens (tertiary/aromatic N) is 3. The molecule has 1 atom stereocenters. The highest BCUT2D eigenvalue weighted by molar-refractivity contribution is 7.99. The van der Waals surface area contributed by atoms with E-state index in [1.165, 1.54) is 18.3 Å². The van der Waals surface area contributed by atoms with Gasteiger partial charge in [0.1, 0.15) is 4.88 Å². The SMILES string of the molecule is CC(=O)Nc1nc(CCc2ccc(NC(NC(=O)O)(N(C(=O)O)C(C)(C)C)C(C)(C)C)cc2)c(C(=O)N2CCSCC2)s1. The van der Waals surface area contributed by atoms with E-state index in [4.69, 9.17) is 0 Å². The molecule has 1 aliphatic heterocycles. The number of aromatic nitrogens is 1. The molecule has 43 heavy (non-hydrogen) atoms. The van der Waals surface area contributed by atoms with Gasteiger partial charge in [0, 0.05) is 48.2 Å². The molecule has 1 unspecified atom stereocenters. The highest BCUT2D eigenvalue weighted by Gasteiger charge is 2.54. The lowest BCUT2D eigenvalue weighted by molar-refractivity contribution is -0.114. The Morgan fingerprint density at radius 1 is 0.977 bits per heavy atom. The Kier molecular flexibility index (Phi) is 10.6. The van der Waals surface area contributed by atoms with Gasteiger partial charge in [-0.3, -0.25) is 19.8 Å². The highest BCUT2D eigenvalue weighted by atomic mass is 32.2. The predicted octanol–water partition coefficient (Wildman–Crippen LogP) is 5.23. The zero-order valence-corrected chi connectivity index (χ0v) is 27.4. The summed E-state index contributed by atoms with van der Waals surface area (Å²) in [6, 6.07) is 7.26. The Morgan fingerprint density at radius 3 is 2.07 bits per heavy atom. The minimum atomic E-state index is -1.71. The molecule has 5 N–H and O–H groups in total. The first-order valence-corrected chi connectivity index (χ1v) is 16.0. The van der Waals surface area contributed by atoms with Gasteiger partial charge in [-0.05, 0) is 51.3 Å². The molecule has 2 aromatic rings. The van der Waals surface area contributed by atoms with Gasteiger partial charge in [0.2, 0.25) is 11.7 Å². The number of aryl methyl sites for hydroxylation is 2. The second-order valence-corrected chi connectivity index (χ2v) is 14.6. The Morgan fingerprint density at radius 2 is 1.58 bits per heavy atom. The zero-order valence-electron chi connectivity index (χ0n) is 25.7. The number of carbonyl (C=O) groups excluding carboxylic acids is 2. The van der Waals surface area contributed by atoms with Gasteiger partial charge in [0.05, 0.1) is 5.69 Å². The van der Waals surface area contributed by atoms with Crippen LogP contribution in [0, 0.1) is 5.41 Å². The van der Waals surface area contributed by atoms with E-state index >= 15 is 0 Å². The Labute approximate surface area is 260 Å². The smallest absolute Gasteiger partial charge is 0.411 e. The molecule has 3 rings (SSSR count). The maximum absolute atomic E-state index is 13.3. The number of thiazole rings is 1. The van der Waals surface area contributed by atoms with Gasteiger partial charge in [0.15, 0.2) is 5.13 Å². The molecular weight excluding hydrogens is 592 g/mol. The molecule has 4 amide bonds. The number of rotatable bonds is 9. The average molecular weight is 635 g/mol. The first kappa shape index (κ1) is 34.0. The molecule has 1 aliphatic rings. The molecule has 0 radical (unpaired) electrons. The van der Waals surface area contributed by atoms with Crippen LogP contribution in [-0.4, -0.2) is 84.9 Å². The monoisotopic (exact) mass is 634 g/mol. The lowest BCUT2D eigenvalue weighted by Gasteiger charge is -2.55. The largest absolute Gasteiger partial charge is 0.465 e. The topological polar surface area (TPSA) is 164 Å². The van der Waals surface area contributed by atoms with Crippen LogP contribution in [0.2, 0.25) is 0 Å². The summed E-state index contributed by atoms with van der Waals surface area (Å²) in [5.41, 5.74) is 0.204. The van der Waals surface area contributed by atoms with Crippen molar-refractivity contribution in [2.24, 2.45) is 5.41 Å². The summed E-state index contributed by atoms with van der Waals surface area (Å²) in [6.07, 6.45) is -1.63. The number of benzene rings is 1. The summed E-state index contributed by atoms with van der Waals surface area (Å²) in [4.78, 5) is 57.5. The molecule has 1 fully saturated rings. The van der Waals surface area contributed by atoms with Gasteiger partial charge in [-0.1, -0.05) is 44.2 Å². The number of anilines is 2. The molecule has 236 valence electrons. The number of carbonyl (C=O) groups is 4. The standard InChI is InChI=1S/C29H42N6O6S2/c1-18(36)30-24-31-21(22(43-24)23(37)34-14-16-42-17-15-34)13-10-19-8-11-20(12-9-19)32-29(27(2,3)4,33-25(38)39)35(26(40)41)28(5,6)7/h8-9,11-12,32-33H,10,13-17H2,1-7H3,(H,38,39)(H,40,41)(H,30,31,36). The third kappa shape index (κ3) is 8.31. The van der Waals surface area contributed by atoms with E-state index in [0.717, 1.165) is 22.0 Å². The highest BCUT2D eigenvalue weighted by Crippen LogP contribution is 2.39. The van der Waals surface area contributed by atoms with E-state index in [1.807, 2.05) is 28.8 Å². The van der Waals surface area contributed by atoms with Crippen molar-refractivity contribution < 1.29 is 29.4 Å². The van der Waals surface area contributed by atoms with Gasteiger partial charge >= 0.3 is 12.2 Å². The zero-order chi connectivity index (χ0) is 32.2. The van der Waals surface area contributed by atoms with Crippen LogP contribution in [-0.2, 0) is 17.6 Å². The summed E-state index contributed by atoms with van der Waals surface area (Å²) >= 11 is 3.00. The van der Waals surface area contributed by atoms with Gasteiger partial charge in [0.25, 0.3) is 5.91 Å². The van der Waals surface area contributed by atoms with Crippen molar-refractivity contribution in [2.45, 2.75) is 72.6 Å². The summed E-state index contributed by atoms with van der Waals surface area (Å²) in [6.45, 7) is 13.1. The van der Waals surface area contributed by atoms with E-state index in [9.17, 15) is 29.4 Å². The molecule has 1 saturated heterocycles. The molecule has 0 aliphatic carbocycles. The molecule has 0 saturated carbocycles. The molecule has 0 bridgehead atoms. The van der Waals surface area contributed by atoms with Crippen LogP contribution < -0.4 is 16.0 Å². The van der Waals surface area contributed by atoms with Crippen molar-refractivity contribution in [3.63, 3.8) is 0 Å². The van der Waals surface area contributed by atoms with Crippen molar-refractivity contribution in [2.75, 3.05) is 35.2 Å². The number of hydrogen-bond acceptors (Lipinski definition) is 8. The van der Waals surface area contributed by atoms with Crippen molar-refractivity contribution in [3.05, 3.63) is 40.4 Å². The van der Waals surface area contributed by atoms with Crippen LogP contribution in [0.5, 0.6) is 0 Å². The van der Waals surface area contributed by atoms with Crippen molar-refractivity contribution in [1.29, 1.82) is 0 Å². The number of thioether (sulfide) groups is 1. The first-order chi connectivity index (χ1) is 19.9. The van der Waals surface area contributed by atoms with E-state index in [2.05, 4.69) is 20.9 Å². The molecular formula is C29H42N6O6S2. The normalized spacial score (nSPS) is 15.3. The Balaban J connectivity index is 1.87. The fourth-order valence-electron chi connectivity index (χ4n) is 4.97. The molecule has 12 nitrogen and oxygen atoms in total. The summed E-state index contributed by atoms with van der Waals surface area (Å²) < 4.78 is 0. The minimum absolute atomic E-state index is 0.0739. The fourth-order valence-corrected chi connectivity index (χ4v) is 6.90. The summed E-state index contributed by atoms with van der Waals surface area (Å²) in [5, 5.41) is 28.7. The van der Waals surface area contributed by atoms with E-state index in [1.54, 1.807) is 53.7 Å². The Hall–Kier alpha value is -3.52. The first-order valence-electron chi connectivity index (χ1n) is 14.0. The number of nitrogens with one attached hydrogen (secondary N) is 3. The van der Waals surface area contributed by atoms with Crippen molar-refractivity contribution in [1.82, 2.24) is 20.1 Å². The van der Waals surface area contributed by atoms with Gasteiger partial charge in [-0.15, -0.1) is 0 Å². The summed E-state index contributed by atoms with van der Waals surface area (Å²) in [7, 11) is 0. The third-order valence-corrected chi connectivity index (χ3v) is 8.92. The molecule has 14 heteroatoms. The van der Waals surface area contributed by atoms with Gasteiger partial charge in [-0.25, -0.2) is 14.6 Å². The van der Waals surface area contributed by atoms with Crippen LogP contribution in [0.25, 0.3) is 0 Å². The second kappa shape index (κ2) is 13.4. The van der Waals surface area contributed by atoms with Crippen molar-refractivity contribution in [3.8, 4) is 0 Å². The quantitative estimate of drug-likeness (QED) is 0.232. The molecule has 1 aromatic carbocycles. The fraction of sp³-hybridized carbons (Fsp3) is 0.552. The van der Waals surface area contributed by atoms with Crippen molar-refractivity contribution >= 4 is 57.9 Å². The Bertz CT molecular complexity index is 1330. The maximum Gasteiger partial charge on any atom is 0.411 e. The van der Waals surface area contributed by atoms with Crippen LogP contribution >= 0.6 is 23.1 Å². The minimum Gasteiger partial charge on any atom is -0.465 e. The lowest BCUT2D eigenvalue weighted by atomic mass is 9.82.